The van der Waals surface area contributed by atoms with E-state index in [0.717, 1.165) is 43.4 Å². The van der Waals surface area contributed by atoms with Gasteiger partial charge in [0.15, 0.2) is 5.78 Å². The van der Waals surface area contributed by atoms with Gasteiger partial charge in [0.1, 0.15) is 0 Å². The fourth-order valence-corrected chi connectivity index (χ4v) is 8.28. The number of fused-ring (bicyclic) bond motifs is 6. The lowest BCUT2D eigenvalue weighted by molar-refractivity contribution is -0.117. The maximum Gasteiger partial charge on any atom is 0.155 e. The van der Waals surface area contributed by atoms with E-state index in [1.807, 2.05) is 6.08 Å². The number of nitrogens with zero attached hydrogens (tertiary/aromatic N) is 1. The van der Waals surface area contributed by atoms with Gasteiger partial charge in [-0.2, -0.15) is 0 Å². The second kappa shape index (κ2) is 6.52. The van der Waals surface area contributed by atoms with Crippen LogP contribution < -0.4 is 0 Å². The van der Waals surface area contributed by atoms with Crippen LogP contribution in [0.2, 0.25) is 0 Å². The van der Waals surface area contributed by atoms with E-state index < -0.39 is 0 Å². The Morgan fingerprint density at radius 2 is 1.83 bits per heavy atom. The van der Waals surface area contributed by atoms with Gasteiger partial charge in [0.25, 0.3) is 0 Å². The topological polar surface area (TPSA) is 29.4 Å². The summed E-state index contributed by atoms with van der Waals surface area (Å²) in [6, 6.07) is 8.76. The van der Waals surface area contributed by atoms with Gasteiger partial charge in [-0.05, 0) is 91.2 Å². The molecule has 4 aliphatic carbocycles. The molecule has 2 saturated carbocycles. The van der Waals surface area contributed by atoms with E-state index in [4.69, 9.17) is 0 Å². The predicted molar refractivity (Wildman–Crippen MR) is 122 cm³/mol. The van der Waals surface area contributed by atoms with Gasteiger partial charge >= 0.3 is 0 Å². The maximum absolute atomic E-state index is 12.1. The zero-order valence-electron chi connectivity index (χ0n) is 18.4. The van der Waals surface area contributed by atoms with Gasteiger partial charge in [-0.25, -0.2) is 0 Å². The van der Waals surface area contributed by atoms with Crippen LogP contribution >= 0.6 is 0 Å². The standard InChI is InChI=1S/C28H33NO/c1-27-14-11-19(30)17-18(27)7-8-22-24-10-9-23(28(24,2)15-12-25(22)27)20-13-16-29-26-6-4-3-5-21(20)26/h3-6,9,16-17,20,22,24-25H,7-8,10-15H2,1-2H3. The molecule has 2 fully saturated rings. The first kappa shape index (κ1) is 18.8. The molecule has 1 heterocycles. The minimum atomic E-state index is 0.269. The van der Waals surface area contributed by atoms with Gasteiger partial charge in [-0.15, -0.1) is 0 Å². The molecule has 0 N–H and O–H groups in total. The summed E-state index contributed by atoms with van der Waals surface area (Å²) in [4.78, 5) is 16.8. The molecule has 156 valence electrons. The van der Waals surface area contributed by atoms with Crippen molar-refractivity contribution in [1.29, 1.82) is 0 Å². The van der Waals surface area contributed by atoms with Gasteiger partial charge in [0.05, 0.1) is 5.69 Å². The van der Waals surface area contributed by atoms with Crippen molar-refractivity contribution in [1.82, 2.24) is 0 Å². The lowest BCUT2D eigenvalue weighted by Gasteiger charge is -2.58. The monoisotopic (exact) mass is 399 g/mol. The molecule has 1 aromatic rings. The van der Waals surface area contributed by atoms with Crippen molar-refractivity contribution in [3.8, 4) is 0 Å². The van der Waals surface area contributed by atoms with Crippen LogP contribution in [-0.2, 0) is 4.79 Å². The molecule has 5 aliphatic rings. The summed E-state index contributed by atoms with van der Waals surface area (Å²) in [5.74, 6) is 3.21. The molecule has 0 bridgehead atoms. The molecular weight excluding hydrogens is 366 g/mol. The minimum Gasteiger partial charge on any atom is -0.295 e. The van der Waals surface area contributed by atoms with Crippen molar-refractivity contribution in [2.75, 3.05) is 0 Å². The van der Waals surface area contributed by atoms with Crippen LogP contribution in [0.5, 0.6) is 0 Å². The number of para-hydroxylation sites is 1. The number of carbonyl (C=O) groups excluding carboxylic acids is 1. The fourth-order valence-electron chi connectivity index (χ4n) is 8.28. The summed E-state index contributed by atoms with van der Waals surface area (Å²) < 4.78 is 0. The molecule has 1 aliphatic heterocycles. The fraction of sp³-hybridized carbons (Fsp3) is 0.571. The molecule has 0 spiro atoms. The lowest BCUT2D eigenvalue weighted by Crippen LogP contribution is -2.50. The smallest absolute Gasteiger partial charge is 0.155 e. The number of aliphatic imine (C=N–C) groups is 1. The van der Waals surface area contributed by atoms with Crippen LogP contribution in [-0.4, -0.2) is 12.0 Å². The number of carbonyl (C=O) groups is 1. The normalized spacial score (nSPS) is 41.9. The molecule has 2 nitrogen and oxygen atoms in total. The molecule has 1 aromatic carbocycles. The Labute approximate surface area is 180 Å². The highest BCUT2D eigenvalue weighted by molar-refractivity contribution is 5.91. The van der Waals surface area contributed by atoms with Crippen molar-refractivity contribution < 1.29 is 4.79 Å². The Hall–Kier alpha value is -1.96. The molecular formula is C28H33NO. The highest BCUT2D eigenvalue weighted by atomic mass is 16.1. The Bertz CT molecular complexity index is 1000. The summed E-state index contributed by atoms with van der Waals surface area (Å²) in [7, 11) is 0. The Morgan fingerprint density at radius 3 is 2.73 bits per heavy atom. The maximum atomic E-state index is 12.1. The quantitative estimate of drug-likeness (QED) is 0.470. The summed E-state index contributed by atoms with van der Waals surface area (Å²) in [6.07, 6.45) is 16.0. The molecule has 0 radical (unpaired) electrons. The van der Waals surface area contributed by atoms with E-state index in [-0.39, 0.29) is 5.41 Å². The van der Waals surface area contributed by atoms with E-state index in [0.29, 0.717) is 17.1 Å². The zero-order valence-corrected chi connectivity index (χ0v) is 18.4. The van der Waals surface area contributed by atoms with Crippen molar-refractivity contribution in [3.63, 3.8) is 0 Å². The molecule has 6 unspecified atom stereocenters. The first-order valence-electron chi connectivity index (χ1n) is 12.1. The third-order valence-corrected chi connectivity index (χ3v) is 9.86. The van der Waals surface area contributed by atoms with Crippen LogP contribution in [0.4, 0.5) is 5.69 Å². The number of rotatable bonds is 1. The van der Waals surface area contributed by atoms with Crippen molar-refractivity contribution in [2.24, 2.45) is 33.6 Å². The lowest BCUT2D eigenvalue weighted by atomic mass is 9.46. The summed E-state index contributed by atoms with van der Waals surface area (Å²) >= 11 is 0. The van der Waals surface area contributed by atoms with Gasteiger partial charge in [-0.1, -0.05) is 49.3 Å². The number of hydrogen-bond acceptors (Lipinski definition) is 2. The molecule has 30 heavy (non-hydrogen) atoms. The van der Waals surface area contributed by atoms with E-state index in [1.165, 1.54) is 42.5 Å². The largest absolute Gasteiger partial charge is 0.295 e. The van der Waals surface area contributed by atoms with E-state index in [1.54, 1.807) is 5.57 Å². The van der Waals surface area contributed by atoms with Crippen LogP contribution in [0.1, 0.15) is 76.7 Å². The molecule has 0 saturated heterocycles. The highest BCUT2D eigenvalue weighted by Crippen LogP contribution is 2.67. The minimum absolute atomic E-state index is 0.269. The summed E-state index contributed by atoms with van der Waals surface area (Å²) in [5, 5.41) is 0. The Balaban J connectivity index is 1.33. The molecule has 2 heteroatoms. The number of ketones is 1. The number of allylic oxidation sites excluding steroid dienone is 4. The Kier molecular flexibility index (Phi) is 4.08. The number of hydrogen-bond donors (Lipinski definition) is 0. The number of benzene rings is 1. The van der Waals surface area contributed by atoms with Crippen LogP contribution in [0.15, 0.2) is 52.6 Å². The third-order valence-electron chi connectivity index (χ3n) is 9.86. The van der Waals surface area contributed by atoms with Gasteiger partial charge in [0, 0.05) is 18.6 Å². The van der Waals surface area contributed by atoms with Gasteiger partial charge in [0.2, 0.25) is 0 Å². The first-order chi connectivity index (χ1) is 14.5. The second-order valence-corrected chi connectivity index (χ2v) is 11.0. The SMILES string of the molecule is CC12CCC(=O)C=C1CCC1C2CCC2(C)C(C3CC=Nc4ccccc43)=CCC12. The predicted octanol–water partition coefficient (Wildman–Crippen LogP) is 6.94. The molecule has 6 rings (SSSR count). The van der Waals surface area contributed by atoms with Gasteiger partial charge < -0.3 is 0 Å². The van der Waals surface area contributed by atoms with Crippen molar-refractivity contribution in [2.45, 2.75) is 71.1 Å². The van der Waals surface area contributed by atoms with E-state index in [9.17, 15) is 4.79 Å². The first-order valence-corrected chi connectivity index (χ1v) is 12.1. The van der Waals surface area contributed by atoms with Crippen LogP contribution in [0, 0.1) is 28.6 Å². The van der Waals surface area contributed by atoms with Crippen molar-refractivity contribution >= 4 is 17.7 Å². The van der Waals surface area contributed by atoms with E-state index >= 15 is 0 Å². The zero-order chi connectivity index (χ0) is 20.5. The van der Waals surface area contributed by atoms with Crippen LogP contribution in [0.3, 0.4) is 0 Å². The average molecular weight is 400 g/mol. The highest BCUT2D eigenvalue weighted by Gasteiger charge is 2.57. The molecule has 0 amide bonds. The second-order valence-electron chi connectivity index (χ2n) is 11.0. The summed E-state index contributed by atoms with van der Waals surface area (Å²) in [5.41, 5.74) is 6.38. The van der Waals surface area contributed by atoms with Gasteiger partial charge in [-0.3, -0.25) is 9.79 Å². The van der Waals surface area contributed by atoms with Crippen molar-refractivity contribution in [3.05, 3.63) is 53.1 Å². The molecule has 6 atom stereocenters. The van der Waals surface area contributed by atoms with E-state index in [2.05, 4.69) is 55.4 Å². The van der Waals surface area contributed by atoms with Crippen LogP contribution in [0.25, 0.3) is 0 Å². The summed E-state index contributed by atoms with van der Waals surface area (Å²) in [6.45, 7) is 5.07. The average Bonchev–Trinajstić information content (AvgIpc) is 3.11. The molecule has 0 aromatic heterocycles. The third kappa shape index (κ3) is 2.49. The Morgan fingerprint density at radius 1 is 0.967 bits per heavy atom.